The fraction of sp³-hybridized carbons (Fsp3) is 0.562. The summed E-state index contributed by atoms with van der Waals surface area (Å²) in [6.07, 6.45) is 2.34. The molecule has 0 bridgehead atoms. The predicted molar refractivity (Wildman–Crippen MR) is 94.8 cm³/mol. The van der Waals surface area contributed by atoms with Crippen molar-refractivity contribution in [1.29, 1.82) is 0 Å². The number of fused-ring (bicyclic) bond motifs is 1. The van der Waals surface area contributed by atoms with Gasteiger partial charge in [0.1, 0.15) is 0 Å². The van der Waals surface area contributed by atoms with E-state index in [2.05, 4.69) is 30.4 Å². The molecule has 0 aliphatic heterocycles. The third kappa shape index (κ3) is 3.98. The van der Waals surface area contributed by atoms with Gasteiger partial charge in [-0.3, -0.25) is 4.79 Å². The van der Waals surface area contributed by atoms with Crippen molar-refractivity contribution in [1.82, 2.24) is 5.32 Å². The number of carbonyl (C=O) groups excluding carboxylic acids is 1. The lowest BCUT2D eigenvalue weighted by Gasteiger charge is -2.19. The van der Waals surface area contributed by atoms with Crippen molar-refractivity contribution < 1.29 is 4.79 Å². The zero-order valence-electron chi connectivity index (χ0n) is 12.3. The van der Waals surface area contributed by atoms with Gasteiger partial charge in [-0.1, -0.05) is 13.0 Å². The molecule has 110 valence electrons. The van der Waals surface area contributed by atoms with Gasteiger partial charge in [-0.25, -0.2) is 0 Å². The number of carbonyl (C=O) groups is 1. The van der Waals surface area contributed by atoms with Gasteiger partial charge in [0.15, 0.2) is 0 Å². The molecule has 1 atom stereocenters. The van der Waals surface area contributed by atoms with Crippen LogP contribution in [-0.2, 0) is 17.6 Å². The van der Waals surface area contributed by atoms with Crippen molar-refractivity contribution in [2.45, 2.75) is 43.3 Å². The molecule has 2 nitrogen and oxygen atoms in total. The van der Waals surface area contributed by atoms with Crippen molar-refractivity contribution in [2.24, 2.45) is 5.92 Å². The number of thioether (sulfide) groups is 1. The van der Waals surface area contributed by atoms with Crippen molar-refractivity contribution in [3.05, 3.63) is 29.3 Å². The average molecular weight is 403 g/mol. The Labute approximate surface area is 139 Å². The van der Waals surface area contributed by atoms with Crippen molar-refractivity contribution in [3.8, 4) is 0 Å². The highest BCUT2D eigenvalue weighted by molar-refractivity contribution is 14.1. The van der Waals surface area contributed by atoms with Gasteiger partial charge in [0.05, 0.1) is 4.75 Å². The normalized spacial score (nSPS) is 18.1. The number of halogens is 1. The monoisotopic (exact) mass is 403 g/mol. The molecule has 1 aliphatic rings. The van der Waals surface area contributed by atoms with E-state index >= 15 is 0 Å². The first-order valence-corrected chi connectivity index (χ1v) is 9.03. The lowest BCUT2D eigenvalue weighted by atomic mass is 10.1. The Morgan fingerprint density at radius 2 is 2.10 bits per heavy atom. The summed E-state index contributed by atoms with van der Waals surface area (Å²) in [6.45, 7) is 8.28. The largest absolute Gasteiger partial charge is 0.317 e. The minimum Gasteiger partial charge on any atom is -0.317 e. The van der Waals surface area contributed by atoms with E-state index in [0.29, 0.717) is 0 Å². The molecule has 0 saturated carbocycles. The summed E-state index contributed by atoms with van der Waals surface area (Å²) in [4.78, 5) is 12.8. The van der Waals surface area contributed by atoms with Gasteiger partial charge in [0.2, 0.25) is 3.79 Å². The van der Waals surface area contributed by atoms with Gasteiger partial charge >= 0.3 is 0 Å². The maximum Gasteiger partial charge on any atom is 0.208 e. The van der Waals surface area contributed by atoms with Crippen LogP contribution in [0.15, 0.2) is 23.1 Å². The highest BCUT2D eigenvalue weighted by Gasteiger charge is 2.28. The standard InChI is InChI=1S/C16H22INOS/c1-4-18-10-11-7-12-5-6-14(9-13(12)8-11)20-16(2,3)15(17)19/h5-6,9,11,18H,4,7-8,10H2,1-3H3/t11-/m1/s1. The molecule has 1 N–H and O–H groups in total. The highest BCUT2D eigenvalue weighted by atomic mass is 127. The lowest BCUT2D eigenvalue weighted by Crippen LogP contribution is -2.22. The first kappa shape index (κ1) is 16.3. The van der Waals surface area contributed by atoms with E-state index in [1.54, 1.807) is 11.8 Å². The van der Waals surface area contributed by atoms with Crippen LogP contribution < -0.4 is 5.32 Å². The third-order valence-corrected chi connectivity index (χ3v) is 6.62. The maximum atomic E-state index is 11.6. The smallest absolute Gasteiger partial charge is 0.208 e. The van der Waals surface area contributed by atoms with E-state index < -0.39 is 0 Å². The van der Waals surface area contributed by atoms with Crippen LogP contribution in [0.1, 0.15) is 31.9 Å². The van der Waals surface area contributed by atoms with Crippen LogP contribution in [0.5, 0.6) is 0 Å². The summed E-state index contributed by atoms with van der Waals surface area (Å²) in [7, 11) is 0. The zero-order valence-corrected chi connectivity index (χ0v) is 15.3. The molecule has 0 heterocycles. The molecule has 0 amide bonds. The topological polar surface area (TPSA) is 29.1 Å². The Kier molecular flexibility index (Phi) is 5.54. The summed E-state index contributed by atoms with van der Waals surface area (Å²) in [5, 5.41) is 3.44. The first-order chi connectivity index (χ1) is 9.42. The Balaban J connectivity index is 2.06. The second-order valence-corrected chi connectivity index (χ2v) is 8.57. The second kappa shape index (κ2) is 6.79. The van der Waals surface area contributed by atoms with Crippen LogP contribution in [0.25, 0.3) is 0 Å². The summed E-state index contributed by atoms with van der Waals surface area (Å²) in [5.74, 6) is 0.726. The Hall–Kier alpha value is -0.0700. The van der Waals surface area contributed by atoms with E-state index in [0.717, 1.165) is 25.4 Å². The summed E-state index contributed by atoms with van der Waals surface area (Å²) in [5.41, 5.74) is 2.95. The van der Waals surface area contributed by atoms with Gasteiger partial charge in [-0.05, 0) is 69.0 Å². The molecule has 0 aromatic heterocycles. The van der Waals surface area contributed by atoms with E-state index in [1.807, 2.05) is 36.4 Å². The number of hydrogen-bond donors (Lipinski definition) is 1. The fourth-order valence-corrected chi connectivity index (χ4v) is 3.91. The van der Waals surface area contributed by atoms with Gasteiger partial charge < -0.3 is 5.32 Å². The second-order valence-electron chi connectivity index (χ2n) is 5.90. The number of hydrogen-bond acceptors (Lipinski definition) is 3. The van der Waals surface area contributed by atoms with Crippen LogP contribution in [0.2, 0.25) is 0 Å². The zero-order chi connectivity index (χ0) is 14.8. The molecule has 0 radical (unpaired) electrons. The molecule has 0 saturated heterocycles. The minimum absolute atomic E-state index is 0.200. The minimum atomic E-state index is -0.351. The Bertz CT molecular complexity index is 501. The van der Waals surface area contributed by atoms with Crippen LogP contribution in [0.4, 0.5) is 0 Å². The molecule has 2 rings (SSSR count). The Morgan fingerprint density at radius 3 is 2.75 bits per heavy atom. The number of rotatable bonds is 6. The molecular weight excluding hydrogens is 381 g/mol. The van der Waals surface area contributed by atoms with E-state index in [4.69, 9.17) is 0 Å². The Morgan fingerprint density at radius 1 is 1.40 bits per heavy atom. The summed E-state index contributed by atoms with van der Waals surface area (Å²) >= 11 is 3.57. The van der Waals surface area contributed by atoms with Gasteiger partial charge in [-0.2, -0.15) is 0 Å². The fourth-order valence-electron chi connectivity index (χ4n) is 2.58. The van der Waals surface area contributed by atoms with E-state index in [9.17, 15) is 4.79 Å². The molecule has 0 spiro atoms. The first-order valence-electron chi connectivity index (χ1n) is 7.14. The average Bonchev–Trinajstić information content (AvgIpc) is 2.77. The van der Waals surface area contributed by atoms with Gasteiger partial charge in [0.25, 0.3) is 0 Å². The van der Waals surface area contributed by atoms with Crippen molar-refractivity contribution >= 4 is 38.1 Å². The number of benzene rings is 1. The molecule has 1 aromatic rings. The van der Waals surface area contributed by atoms with Gasteiger partial charge in [-0.15, -0.1) is 11.8 Å². The predicted octanol–water partition coefficient (Wildman–Crippen LogP) is 3.84. The summed E-state index contributed by atoms with van der Waals surface area (Å²) in [6, 6.07) is 6.70. The van der Waals surface area contributed by atoms with Crippen molar-refractivity contribution in [3.63, 3.8) is 0 Å². The molecular formula is C16H22INOS. The molecule has 0 unspecified atom stereocenters. The van der Waals surface area contributed by atoms with E-state index in [1.165, 1.54) is 22.4 Å². The van der Waals surface area contributed by atoms with Gasteiger partial charge in [0, 0.05) is 27.5 Å². The molecule has 20 heavy (non-hydrogen) atoms. The third-order valence-electron chi connectivity index (χ3n) is 3.72. The lowest BCUT2D eigenvalue weighted by molar-refractivity contribution is -0.110. The molecule has 4 heteroatoms. The van der Waals surface area contributed by atoms with Crippen LogP contribution in [-0.4, -0.2) is 21.6 Å². The molecule has 1 aliphatic carbocycles. The van der Waals surface area contributed by atoms with Crippen molar-refractivity contribution in [2.75, 3.05) is 13.1 Å². The maximum absolute atomic E-state index is 11.6. The van der Waals surface area contributed by atoms with Crippen LogP contribution in [0.3, 0.4) is 0 Å². The van der Waals surface area contributed by atoms with Crippen LogP contribution >= 0.6 is 34.4 Å². The quantitative estimate of drug-likeness (QED) is 0.445. The SMILES string of the molecule is CCNC[C@@H]1Cc2ccc(SC(C)(C)C(=O)I)cc2C1. The van der Waals surface area contributed by atoms with Crippen LogP contribution in [0, 0.1) is 5.92 Å². The number of nitrogens with one attached hydrogen (secondary N) is 1. The molecule has 0 fully saturated rings. The summed E-state index contributed by atoms with van der Waals surface area (Å²) < 4.78 is -0.151. The molecule has 1 aromatic carbocycles. The highest BCUT2D eigenvalue weighted by Crippen LogP contribution is 2.37. The van der Waals surface area contributed by atoms with E-state index in [-0.39, 0.29) is 8.54 Å².